The molecule has 1 fully saturated rings. The molecule has 0 radical (unpaired) electrons. The highest BCUT2D eigenvalue weighted by molar-refractivity contribution is 9.10. The van der Waals surface area contributed by atoms with Gasteiger partial charge in [0.2, 0.25) is 0 Å². The Morgan fingerprint density at radius 1 is 1.45 bits per heavy atom. The van der Waals surface area contributed by atoms with Gasteiger partial charge in [0.05, 0.1) is 12.1 Å². The molecule has 1 aromatic heterocycles. The number of halogens is 1. The first kappa shape index (κ1) is 14.5. The Balaban J connectivity index is 1.98. The van der Waals surface area contributed by atoms with Crippen LogP contribution in [0.15, 0.2) is 28.1 Å². The number of nitrogens with one attached hydrogen (secondary N) is 1. The first-order valence-corrected chi connectivity index (χ1v) is 8.99. The van der Waals surface area contributed by atoms with Gasteiger partial charge in [0.15, 0.2) is 0 Å². The molecule has 108 valence electrons. The average molecular weight is 354 g/mol. The summed E-state index contributed by atoms with van der Waals surface area (Å²) in [5.41, 5.74) is 1.39. The fraction of sp³-hybridized carbons (Fsp3) is 0.500. The van der Waals surface area contributed by atoms with E-state index < -0.39 is 0 Å². The Morgan fingerprint density at radius 2 is 2.35 bits per heavy atom. The van der Waals surface area contributed by atoms with Gasteiger partial charge in [-0.15, -0.1) is 11.3 Å². The molecule has 2 heterocycles. The van der Waals surface area contributed by atoms with Crippen molar-refractivity contribution in [2.24, 2.45) is 0 Å². The van der Waals surface area contributed by atoms with Crippen LogP contribution in [0.5, 0.6) is 0 Å². The maximum absolute atomic E-state index is 6.03. The molecule has 2 nitrogen and oxygen atoms in total. The third kappa shape index (κ3) is 2.80. The van der Waals surface area contributed by atoms with E-state index in [0.29, 0.717) is 12.1 Å². The van der Waals surface area contributed by atoms with Crippen LogP contribution in [0.1, 0.15) is 37.8 Å². The van der Waals surface area contributed by atoms with E-state index in [1.807, 2.05) is 11.3 Å². The zero-order valence-corrected chi connectivity index (χ0v) is 14.1. The van der Waals surface area contributed by atoms with Crippen molar-refractivity contribution in [1.29, 1.82) is 0 Å². The lowest BCUT2D eigenvalue weighted by Gasteiger charge is -2.31. The maximum Gasteiger partial charge on any atom is 0.0770 e. The summed E-state index contributed by atoms with van der Waals surface area (Å²) in [5.74, 6) is 0. The van der Waals surface area contributed by atoms with Crippen molar-refractivity contribution in [2.45, 2.75) is 38.3 Å². The van der Waals surface area contributed by atoms with Crippen LogP contribution in [0.2, 0.25) is 0 Å². The number of hydrogen-bond donors (Lipinski definition) is 1. The van der Waals surface area contributed by atoms with Crippen LogP contribution < -0.4 is 5.32 Å². The number of fused-ring (bicyclic) bond motifs is 1. The van der Waals surface area contributed by atoms with E-state index in [0.717, 1.165) is 19.6 Å². The SMILES string of the molecule is CCNC(c1csc2c(Br)cccc12)C1CCCCO1. The maximum atomic E-state index is 6.03. The molecule has 1 N–H and O–H groups in total. The molecule has 0 bridgehead atoms. The van der Waals surface area contributed by atoms with Crippen molar-refractivity contribution in [3.05, 3.63) is 33.6 Å². The van der Waals surface area contributed by atoms with Crippen molar-refractivity contribution in [3.8, 4) is 0 Å². The van der Waals surface area contributed by atoms with Gasteiger partial charge in [-0.25, -0.2) is 0 Å². The molecule has 0 amide bonds. The van der Waals surface area contributed by atoms with Crippen LogP contribution in [-0.2, 0) is 4.74 Å². The topological polar surface area (TPSA) is 21.3 Å². The summed E-state index contributed by atoms with van der Waals surface area (Å²) >= 11 is 5.47. The van der Waals surface area contributed by atoms with E-state index >= 15 is 0 Å². The smallest absolute Gasteiger partial charge is 0.0770 e. The molecular formula is C16H20BrNOS. The first-order chi connectivity index (χ1) is 9.81. The highest BCUT2D eigenvalue weighted by atomic mass is 79.9. The van der Waals surface area contributed by atoms with E-state index in [1.54, 1.807) is 0 Å². The van der Waals surface area contributed by atoms with Gasteiger partial charge in [0, 0.05) is 15.8 Å². The minimum Gasteiger partial charge on any atom is -0.376 e. The van der Waals surface area contributed by atoms with Crippen LogP contribution in [0.3, 0.4) is 0 Å². The summed E-state index contributed by atoms with van der Waals surface area (Å²) in [7, 11) is 0. The summed E-state index contributed by atoms with van der Waals surface area (Å²) in [6, 6.07) is 6.76. The Bertz CT molecular complexity index is 577. The summed E-state index contributed by atoms with van der Waals surface area (Å²) < 4.78 is 8.55. The number of ether oxygens (including phenoxy) is 1. The molecule has 3 rings (SSSR count). The number of benzene rings is 1. The van der Waals surface area contributed by atoms with Crippen LogP contribution in [0.25, 0.3) is 10.1 Å². The van der Waals surface area contributed by atoms with Crippen molar-refractivity contribution >= 4 is 37.4 Å². The zero-order valence-electron chi connectivity index (χ0n) is 11.7. The van der Waals surface area contributed by atoms with Crippen LogP contribution >= 0.6 is 27.3 Å². The summed E-state index contributed by atoms with van der Waals surface area (Å²) in [6.45, 7) is 4.04. The minimum absolute atomic E-state index is 0.306. The average Bonchev–Trinajstić information content (AvgIpc) is 2.91. The van der Waals surface area contributed by atoms with E-state index in [9.17, 15) is 0 Å². The van der Waals surface area contributed by atoms with Gasteiger partial charge in [0.25, 0.3) is 0 Å². The normalized spacial score (nSPS) is 21.2. The predicted molar refractivity (Wildman–Crippen MR) is 89.5 cm³/mol. The molecule has 1 aliphatic rings. The Hall–Kier alpha value is -0.420. The van der Waals surface area contributed by atoms with E-state index in [-0.39, 0.29) is 0 Å². The number of hydrogen-bond acceptors (Lipinski definition) is 3. The lowest BCUT2D eigenvalue weighted by Crippen LogP contribution is -2.35. The monoisotopic (exact) mass is 353 g/mol. The fourth-order valence-corrected chi connectivity index (χ4v) is 4.63. The van der Waals surface area contributed by atoms with Crippen molar-refractivity contribution in [2.75, 3.05) is 13.2 Å². The Kier molecular flexibility index (Phi) is 4.76. The number of likely N-dealkylation sites (N-methyl/N-ethyl adjacent to an activating group) is 1. The highest BCUT2D eigenvalue weighted by Gasteiger charge is 2.27. The van der Waals surface area contributed by atoms with Crippen LogP contribution in [-0.4, -0.2) is 19.3 Å². The summed E-state index contributed by atoms with van der Waals surface area (Å²) in [5, 5.41) is 7.28. The van der Waals surface area contributed by atoms with Crippen molar-refractivity contribution < 1.29 is 4.74 Å². The highest BCUT2D eigenvalue weighted by Crippen LogP contribution is 2.38. The molecule has 0 spiro atoms. The van der Waals surface area contributed by atoms with E-state index in [1.165, 1.54) is 33.0 Å². The van der Waals surface area contributed by atoms with Gasteiger partial charge >= 0.3 is 0 Å². The predicted octanol–water partition coefficient (Wildman–Crippen LogP) is 4.88. The second-order valence-corrected chi connectivity index (χ2v) is 6.98. The molecular weight excluding hydrogens is 334 g/mol. The van der Waals surface area contributed by atoms with Crippen LogP contribution in [0.4, 0.5) is 0 Å². The van der Waals surface area contributed by atoms with E-state index in [4.69, 9.17) is 4.74 Å². The summed E-state index contributed by atoms with van der Waals surface area (Å²) in [6.07, 6.45) is 3.94. The number of thiophene rings is 1. The number of rotatable bonds is 4. The third-order valence-electron chi connectivity index (χ3n) is 3.93. The first-order valence-electron chi connectivity index (χ1n) is 7.32. The van der Waals surface area contributed by atoms with Gasteiger partial charge in [-0.1, -0.05) is 19.1 Å². The molecule has 1 saturated heterocycles. The summed E-state index contributed by atoms with van der Waals surface area (Å²) in [4.78, 5) is 0. The lowest BCUT2D eigenvalue weighted by atomic mass is 9.95. The minimum atomic E-state index is 0.306. The third-order valence-corrected chi connectivity index (χ3v) is 5.90. The molecule has 20 heavy (non-hydrogen) atoms. The van der Waals surface area contributed by atoms with Crippen molar-refractivity contribution in [3.63, 3.8) is 0 Å². The van der Waals surface area contributed by atoms with Gasteiger partial charge in [-0.3, -0.25) is 0 Å². The molecule has 2 aromatic rings. The second-order valence-electron chi connectivity index (χ2n) is 5.25. The van der Waals surface area contributed by atoms with Crippen molar-refractivity contribution in [1.82, 2.24) is 5.32 Å². The quantitative estimate of drug-likeness (QED) is 0.845. The Morgan fingerprint density at radius 3 is 3.10 bits per heavy atom. The van der Waals surface area contributed by atoms with Crippen LogP contribution in [0, 0.1) is 0 Å². The molecule has 2 unspecified atom stereocenters. The molecule has 4 heteroatoms. The van der Waals surface area contributed by atoms with Gasteiger partial charge in [-0.2, -0.15) is 0 Å². The molecule has 0 aliphatic carbocycles. The molecule has 2 atom stereocenters. The van der Waals surface area contributed by atoms with E-state index in [2.05, 4.69) is 51.7 Å². The lowest BCUT2D eigenvalue weighted by molar-refractivity contribution is -0.00749. The van der Waals surface area contributed by atoms with Gasteiger partial charge < -0.3 is 10.1 Å². The van der Waals surface area contributed by atoms with Gasteiger partial charge in [-0.05, 0) is 64.1 Å². The molecule has 0 saturated carbocycles. The fourth-order valence-electron chi connectivity index (χ4n) is 2.97. The molecule has 1 aliphatic heterocycles. The largest absolute Gasteiger partial charge is 0.376 e. The second kappa shape index (κ2) is 6.56. The Labute approximate surface area is 132 Å². The standard InChI is InChI=1S/C16H20BrNOS/c1-2-18-15(14-8-3-4-9-19-14)12-10-20-16-11(12)6-5-7-13(16)17/h5-7,10,14-15,18H,2-4,8-9H2,1H3. The zero-order chi connectivity index (χ0) is 13.9. The van der Waals surface area contributed by atoms with Gasteiger partial charge in [0.1, 0.15) is 0 Å². The molecule has 1 aromatic carbocycles.